The van der Waals surface area contributed by atoms with Gasteiger partial charge in [0.1, 0.15) is 17.5 Å². The van der Waals surface area contributed by atoms with E-state index in [9.17, 15) is 4.39 Å². The van der Waals surface area contributed by atoms with Gasteiger partial charge in [-0.25, -0.2) is 14.4 Å². The van der Waals surface area contributed by atoms with Gasteiger partial charge in [-0.3, -0.25) is 0 Å². The van der Waals surface area contributed by atoms with Gasteiger partial charge in [0.05, 0.1) is 5.69 Å². The number of nitrogens with one attached hydrogen (secondary N) is 1. The highest BCUT2D eigenvalue weighted by Gasteiger charge is 2.21. The van der Waals surface area contributed by atoms with E-state index in [0.717, 1.165) is 22.9 Å². The smallest absolute Gasteiger partial charge is 0.130 e. The predicted molar refractivity (Wildman–Crippen MR) is 73.5 cm³/mol. The second kappa shape index (κ2) is 4.61. The highest BCUT2D eigenvalue weighted by atomic mass is 19.1. The molecule has 1 aliphatic carbocycles. The Morgan fingerprint density at radius 3 is 2.63 bits per heavy atom. The molecule has 1 aromatic carbocycles. The van der Waals surface area contributed by atoms with E-state index in [1.807, 2.05) is 19.1 Å². The molecule has 0 spiro atoms. The first-order valence-electron chi connectivity index (χ1n) is 6.50. The summed E-state index contributed by atoms with van der Waals surface area (Å²) in [5.74, 6) is 1.39. The molecule has 2 aromatic rings. The fourth-order valence-electron chi connectivity index (χ4n) is 2.03. The molecule has 3 rings (SSSR count). The zero-order chi connectivity index (χ0) is 13.4. The molecular weight excluding hydrogens is 241 g/mol. The summed E-state index contributed by atoms with van der Waals surface area (Å²) < 4.78 is 13.3. The number of aromatic nitrogens is 2. The zero-order valence-corrected chi connectivity index (χ0v) is 11.1. The van der Waals surface area contributed by atoms with Crippen LogP contribution in [0.2, 0.25) is 0 Å². The Hall–Kier alpha value is -1.97. The Bertz CT molecular complexity index is 621. The van der Waals surface area contributed by atoms with E-state index in [-0.39, 0.29) is 5.82 Å². The highest BCUT2D eigenvalue weighted by molar-refractivity contribution is 5.63. The minimum Gasteiger partial charge on any atom is -0.367 e. The first kappa shape index (κ1) is 12.1. The van der Waals surface area contributed by atoms with Crippen LogP contribution in [0.4, 0.5) is 10.2 Å². The monoisotopic (exact) mass is 257 g/mol. The first-order chi connectivity index (χ1) is 9.11. The molecule has 19 heavy (non-hydrogen) atoms. The normalized spacial score (nSPS) is 14.5. The lowest BCUT2D eigenvalue weighted by molar-refractivity contribution is 0.619. The third kappa shape index (κ3) is 2.72. The van der Waals surface area contributed by atoms with Crippen LogP contribution < -0.4 is 5.32 Å². The maximum atomic E-state index is 13.3. The van der Waals surface area contributed by atoms with Crippen LogP contribution in [0.25, 0.3) is 11.3 Å². The fourth-order valence-corrected chi connectivity index (χ4v) is 2.03. The van der Waals surface area contributed by atoms with Crippen LogP contribution in [0.1, 0.15) is 24.2 Å². The van der Waals surface area contributed by atoms with E-state index in [1.54, 1.807) is 13.0 Å². The fraction of sp³-hybridized carbons (Fsp3) is 0.333. The van der Waals surface area contributed by atoms with Gasteiger partial charge in [-0.2, -0.15) is 0 Å². The van der Waals surface area contributed by atoms with Crippen molar-refractivity contribution < 1.29 is 4.39 Å². The summed E-state index contributed by atoms with van der Waals surface area (Å²) in [6, 6.07) is 7.54. The number of nitrogens with zero attached hydrogens (tertiary/aromatic N) is 2. The first-order valence-corrected chi connectivity index (χ1v) is 6.50. The van der Waals surface area contributed by atoms with Gasteiger partial charge in [-0.15, -0.1) is 0 Å². The van der Waals surface area contributed by atoms with Crippen molar-refractivity contribution in [2.45, 2.75) is 32.7 Å². The Kier molecular flexibility index (Phi) is 2.93. The Labute approximate surface area is 111 Å². The van der Waals surface area contributed by atoms with Gasteiger partial charge in [-0.05, 0) is 50.5 Å². The van der Waals surface area contributed by atoms with Crippen molar-refractivity contribution in [3.63, 3.8) is 0 Å². The molecule has 1 aliphatic rings. The summed E-state index contributed by atoms with van der Waals surface area (Å²) >= 11 is 0. The highest BCUT2D eigenvalue weighted by Crippen LogP contribution is 2.26. The molecule has 1 N–H and O–H groups in total. The van der Waals surface area contributed by atoms with E-state index in [1.165, 1.54) is 18.9 Å². The molecular formula is C15H16FN3. The van der Waals surface area contributed by atoms with Gasteiger partial charge in [0, 0.05) is 17.7 Å². The van der Waals surface area contributed by atoms with E-state index < -0.39 is 0 Å². The summed E-state index contributed by atoms with van der Waals surface area (Å²) in [4.78, 5) is 8.81. The molecule has 0 saturated heterocycles. The minimum absolute atomic E-state index is 0.189. The summed E-state index contributed by atoms with van der Waals surface area (Å²) in [6.07, 6.45) is 2.40. The van der Waals surface area contributed by atoms with Gasteiger partial charge >= 0.3 is 0 Å². The van der Waals surface area contributed by atoms with E-state index in [2.05, 4.69) is 15.3 Å². The Morgan fingerprint density at radius 1 is 1.16 bits per heavy atom. The Morgan fingerprint density at radius 2 is 1.95 bits per heavy atom. The summed E-state index contributed by atoms with van der Waals surface area (Å²) in [6.45, 7) is 3.63. The molecule has 98 valence electrons. The van der Waals surface area contributed by atoms with Gasteiger partial charge < -0.3 is 5.32 Å². The van der Waals surface area contributed by atoms with Crippen LogP contribution in [-0.4, -0.2) is 16.0 Å². The van der Waals surface area contributed by atoms with Crippen LogP contribution in [0.15, 0.2) is 24.3 Å². The number of halogens is 1. The van der Waals surface area contributed by atoms with Crippen molar-refractivity contribution >= 4 is 5.82 Å². The number of rotatable bonds is 3. The number of aryl methyl sites for hydroxylation is 2. The molecule has 0 unspecified atom stereocenters. The van der Waals surface area contributed by atoms with Crippen molar-refractivity contribution in [3.8, 4) is 11.3 Å². The standard InChI is InChI=1S/C15H16FN3/c1-9-7-11(3-6-13(9)16)14-8-15(18-10(2)17-14)19-12-4-5-12/h3,6-8,12H,4-5H2,1-2H3,(H,17,18,19). The van der Waals surface area contributed by atoms with Crippen molar-refractivity contribution in [2.24, 2.45) is 0 Å². The van der Waals surface area contributed by atoms with Crippen molar-refractivity contribution in [1.29, 1.82) is 0 Å². The number of hydrogen-bond acceptors (Lipinski definition) is 3. The van der Waals surface area contributed by atoms with Gasteiger partial charge in [-0.1, -0.05) is 0 Å². The summed E-state index contributed by atoms with van der Waals surface area (Å²) in [5, 5.41) is 3.37. The van der Waals surface area contributed by atoms with Crippen LogP contribution in [0.3, 0.4) is 0 Å². The third-order valence-corrected chi connectivity index (χ3v) is 3.22. The SMILES string of the molecule is Cc1nc(NC2CC2)cc(-c2ccc(F)c(C)c2)n1. The topological polar surface area (TPSA) is 37.8 Å². The van der Waals surface area contributed by atoms with Gasteiger partial charge in [0.15, 0.2) is 0 Å². The second-order valence-corrected chi connectivity index (χ2v) is 5.07. The zero-order valence-electron chi connectivity index (χ0n) is 11.1. The maximum absolute atomic E-state index is 13.3. The van der Waals surface area contributed by atoms with Crippen LogP contribution in [0.5, 0.6) is 0 Å². The molecule has 4 heteroatoms. The molecule has 1 fully saturated rings. The third-order valence-electron chi connectivity index (χ3n) is 3.22. The van der Waals surface area contributed by atoms with Crippen LogP contribution >= 0.6 is 0 Å². The molecule has 0 aliphatic heterocycles. The molecule has 0 atom stereocenters. The largest absolute Gasteiger partial charge is 0.367 e. The minimum atomic E-state index is -0.189. The molecule has 0 radical (unpaired) electrons. The second-order valence-electron chi connectivity index (χ2n) is 5.07. The van der Waals surface area contributed by atoms with Crippen LogP contribution in [0, 0.1) is 19.7 Å². The summed E-state index contributed by atoms with van der Waals surface area (Å²) in [5.41, 5.74) is 2.38. The number of anilines is 1. The molecule has 3 nitrogen and oxygen atoms in total. The van der Waals surface area contributed by atoms with Crippen molar-refractivity contribution in [2.75, 3.05) is 5.32 Å². The Balaban J connectivity index is 1.98. The lowest BCUT2D eigenvalue weighted by Gasteiger charge is -2.08. The molecule has 1 aromatic heterocycles. The lowest BCUT2D eigenvalue weighted by Crippen LogP contribution is -2.05. The summed E-state index contributed by atoms with van der Waals surface area (Å²) in [7, 11) is 0. The van der Waals surface area contributed by atoms with Gasteiger partial charge in [0.2, 0.25) is 0 Å². The quantitative estimate of drug-likeness (QED) is 0.914. The van der Waals surface area contributed by atoms with Gasteiger partial charge in [0.25, 0.3) is 0 Å². The maximum Gasteiger partial charge on any atom is 0.130 e. The predicted octanol–water partition coefficient (Wildman–Crippen LogP) is 3.47. The van der Waals surface area contributed by atoms with Crippen molar-refractivity contribution in [1.82, 2.24) is 9.97 Å². The molecule has 1 saturated carbocycles. The lowest BCUT2D eigenvalue weighted by atomic mass is 10.1. The molecule has 1 heterocycles. The average molecular weight is 257 g/mol. The molecule has 0 amide bonds. The van der Waals surface area contributed by atoms with E-state index >= 15 is 0 Å². The van der Waals surface area contributed by atoms with Crippen molar-refractivity contribution in [3.05, 3.63) is 41.5 Å². The number of benzene rings is 1. The van der Waals surface area contributed by atoms with Crippen LogP contribution in [-0.2, 0) is 0 Å². The average Bonchev–Trinajstić information content (AvgIpc) is 3.16. The van der Waals surface area contributed by atoms with E-state index in [4.69, 9.17) is 0 Å². The molecule has 0 bridgehead atoms. The number of hydrogen-bond donors (Lipinski definition) is 1. The van der Waals surface area contributed by atoms with E-state index in [0.29, 0.717) is 11.6 Å².